The molecule has 1 amide bonds. The van der Waals surface area contributed by atoms with Gasteiger partial charge in [-0.15, -0.1) is 35.9 Å². The third-order valence-electron chi connectivity index (χ3n) is 4.94. The van der Waals surface area contributed by atoms with Gasteiger partial charge in [0.25, 0.3) is 5.78 Å². The van der Waals surface area contributed by atoms with Crippen LogP contribution in [0.15, 0.2) is 42.5 Å². The average molecular weight is 350 g/mol. The van der Waals surface area contributed by atoms with Crippen LogP contribution >= 0.6 is 0 Å². The van der Waals surface area contributed by atoms with E-state index in [4.69, 9.17) is 5.73 Å². The smallest absolute Gasteiger partial charge is 0.291 e. The first kappa shape index (κ1) is 18.1. The summed E-state index contributed by atoms with van der Waals surface area (Å²) in [5.41, 5.74) is 9.43. The van der Waals surface area contributed by atoms with E-state index in [1.54, 1.807) is 0 Å². The molecule has 3 rings (SSSR count). The van der Waals surface area contributed by atoms with Gasteiger partial charge in [-0.1, -0.05) is 37.1 Å². The van der Waals surface area contributed by atoms with Crippen LogP contribution in [-0.2, 0) is 0 Å². The van der Waals surface area contributed by atoms with Crippen LogP contribution in [-0.4, -0.2) is 16.5 Å². The Kier molecular flexibility index (Phi) is 5.31. The number of amides is 1. The number of ketones is 1. The summed E-state index contributed by atoms with van der Waals surface area (Å²) in [6.45, 7) is 4.34. The fourth-order valence-corrected chi connectivity index (χ4v) is 3.25. The summed E-state index contributed by atoms with van der Waals surface area (Å²) in [6.07, 6.45) is 2.91. The zero-order chi connectivity index (χ0) is 18.7. The molecule has 0 atom stereocenters. The van der Waals surface area contributed by atoms with E-state index in [2.05, 4.69) is 43.1 Å². The van der Waals surface area contributed by atoms with Crippen LogP contribution < -0.4 is 16.1 Å². The third kappa shape index (κ3) is 4.07. The number of primary amides is 1. The average Bonchev–Trinajstić information content (AvgIpc) is 2.64. The van der Waals surface area contributed by atoms with Gasteiger partial charge in [0.2, 0.25) is 5.91 Å². The first-order valence-electron chi connectivity index (χ1n) is 9.13. The van der Waals surface area contributed by atoms with Crippen LogP contribution in [0.2, 0.25) is 0 Å². The highest BCUT2D eigenvalue weighted by Crippen LogP contribution is 2.22. The fourth-order valence-electron chi connectivity index (χ4n) is 3.25. The van der Waals surface area contributed by atoms with Crippen LogP contribution in [0.1, 0.15) is 61.4 Å². The Morgan fingerprint density at radius 3 is 2.38 bits per heavy atom. The molecule has 0 bridgehead atoms. The fraction of sp³-hybridized carbons (Fsp3) is 0.318. The molecule has 4 nitrogen and oxygen atoms in total. The van der Waals surface area contributed by atoms with E-state index in [9.17, 15) is 9.59 Å². The van der Waals surface area contributed by atoms with Crippen LogP contribution in [0.3, 0.4) is 0 Å². The van der Waals surface area contributed by atoms with Crippen molar-refractivity contribution in [2.24, 2.45) is 5.73 Å². The molecule has 1 aliphatic rings. The summed E-state index contributed by atoms with van der Waals surface area (Å²) in [7, 11) is 0. The molecule has 0 aliphatic heterocycles. The van der Waals surface area contributed by atoms with Gasteiger partial charge in [0.1, 0.15) is 0 Å². The molecule has 2 aromatic carbocycles. The molecule has 4 heteroatoms. The zero-order valence-corrected chi connectivity index (χ0v) is 15.4. The second kappa shape index (κ2) is 7.65. The number of benzene rings is 2. The number of hydrogen-bond acceptors (Lipinski definition) is 1. The number of rotatable bonds is 4. The summed E-state index contributed by atoms with van der Waals surface area (Å²) >= 11 is 0. The van der Waals surface area contributed by atoms with Gasteiger partial charge in [0.05, 0.1) is 12.8 Å². The lowest BCUT2D eigenvalue weighted by Gasteiger charge is -2.19. The Hall–Kier alpha value is -2.75. The third-order valence-corrected chi connectivity index (χ3v) is 4.94. The summed E-state index contributed by atoms with van der Waals surface area (Å²) < 4.78 is 0. The Balaban J connectivity index is 1.94. The number of hydrogen-bond donors (Lipinski definition) is 2. The maximum Gasteiger partial charge on any atom is 0.291 e. The highest BCUT2D eigenvalue weighted by molar-refractivity contribution is 5.93. The molecule has 0 spiro atoms. The number of carbonyl (C=O) groups excluding carboxylic acids is 2. The van der Waals surface area contributed by atoms with Crippen molar-refractivity contribution in [2.45, 2.75) is 45.4 Å². The largest absolute Gasteiger partial charge is 0.382 e. The zero-order valence-electron chi connectivity index (χ0n) is 15.4. The van der Waals surface area contributed by atoms with Gasteiger partial charge in [-0.05, 0) is 24.3 Å². The van der Waals surface area contributed by atoms with Crippen molar-refractivity contribution in [3.05, 3.63) is 65.0 Å². The van der Waals surface area contributed by atoms with E-state index < -0.39 is 5.91 Å². The second-order valence-electron chi connectivity index (χ2n) is 7.20. The van der Waals surface area contributed by atoms with Crippen LogP contribution in [0.4, 0.5) is 0 Å². The highest BCUT2D eigenvalue weighted by Gasteiger charge is 2.20. The molecule has 0 aromatic heterocycles. The predicted octanol–water partition coefficient (Wildman–Crippen LogP) is 1.93. The monoisotopic (exact) mass is 350 g/mol. The van der Waals surface area contributed by atoms with E-state index in [-0.39, 0.29) is 0 Å². The SMILES string of the molecule is CC(C)c1ccc(-[c-]2ccc(=[NH+][C-]3CCC(=[OH+])CC3)c(C(N)=O)c2)cc1. The van der Waals surface area contributed by atoms with E-state index in [0.29, 0.717) is 30.1 Å². The Bertz CT molecular complexity index is 866. The molecule has 0 saturated heterocycles. The van der Waals surface area contributed by atoms with E-state index in [1.807, 2.05) is 18.2 Å². The molecule has 1 aliphatic carbocycles. The number of carbonyl (C=O) groups is 1. The maximum absolute atomic E-state index is 12.0. The van der Waals surface area contributed by atoms with Crippen molar-refractivity contribution in [3.63, 3.8) is 0 Å². The summed E-state index contributed by atoms with van der Waals surface area (Å²) in [5.74, 6) is 0.589. The molecule has 136 valence electrons. The van der Waals surface area contributed by atoms with Gasteiger partial charge in [0.15, 0.2) is 0 Å². The molecular formula is C22H26N2O2. The molecule has 0 heterocycles. The Morgan fingerprint density at radius 2 is 1.81 bits per heavy atom. The summed E-state index contributed by atoms with van der Waals surface area (Å²) in [5, 5.41) is 0.733. The minimum absolute atomic E-state index is 0.445. The van der Waals surface area contributed by atoms with Crippen molar-refractivity contribution in [1.29, 1.82) is 0 Å². The van der Waals surface area contributed by atoms with E-state index in [0.717, 1.165) is 35.4 Å². The van der Waals surface area contributed by atoms with E-state index >= 15 is 0 Å². The quantitative estimate of drug-likeness (QED) is 0.641. The van der Waals surface area contributed by atoms with Gasteiger partial charge >= 0.3 is 0 Å². The molecule has 26 heavy (non-hydrogen) atoms. The number of nitrogens with one attached hydrogen (secondary N) is 1. The lowest BCUT2D eigenvalue weighted by Crippen LogP contribution is -2.79. The summed E-state index contributed by atoms with van der Waals surface area (Å²) in [4.78, 5) is 24.9. The minimum atomic E-state index is -0.445. The van der Waals surface area contributed by atoms with Crippen molar-refractivity contribution in [1.82, 2.24) is 0 Å². The van der Waals surface area contributed by atoms with Gasteiger partial charge in [-0.25, -0.2) is 0 Å². The van der Waals surface area contributed by atoms with Gasteiger partial charge in [-0.2, -0.15) is 0 Å². The molecular weight excluding hydrogens is 324 g/mol. The molecule has 0 unspecified atom stereocenters. The van der Waals surface area contributed by atoms with Gasteiger partial charge < -0.3 is 10.7 Å². The molecule has 4 N–H and O–H groups in total. The standard InChI is InChI=1S/C22H25N2O2/c1-14(2)15-3-5-16(6-4-15)17-7-12-21(20(13-17)22(23)26)24-18-8-10-19(25)11-9-18/h3-7,12-14,24H,8-11H2,1-2H3,(H2,23,26)/q-1/p+1. The summed E-state index contributed by atoms with van der Waals surface area (Å²) in [6, 6.07) is 15.3. The Morgan fingerprint density at radius 1 is 1.15 bits per heavy atom. The lowest BCUT2D eigenvalue weighted by atomic mass is 9.94. The molecule has 1 fully saturated rings. The van der Waals surface area contributed by atoms with Crippen LogP contribution in [0.5, 0.6) is 0 Å². The van der Waals surface area contributed by atoms with Gasteiger partial charge in [-0.3, -0.25) is 9.59 Å². The maximum atomic E-state index is 12.0. The highest BCUT2D eigenvalue weighted by atomic mass is 16.1. The van der Waals surface area contributed by atoms with Crippen molar-refractivity contribution < 1.29 is 14.6 Å². The van der Waals surface area contributed by atoms with Crippen molar-refractivity contribution >= 4 is 11.7 Å². The first-order valence-corrected chi connectivity index (χ1v) is 9.13. The Labute approximate surface area is 154 Å². The first-order chi connectivity index (χ1) is 12.4. The van der Waals surface area contributed by atoms with Crippen LogP contribution in [0, 0.1) is 6.04 Å². The van der Waals surface area contributed by atoms with E-state index in [1.165, 1.54) is 5.56 Å². The normalized spacial score (nSPS) is 15.6. The molecule has 0 radical (unpaired) electrons. The minimum Gasteiger partial charge on any atom is -0.382 e. The number of nitrogens with two attached hydrogens (primary N) is 1. The van der Waals surface area contributed by atoms with Crippen LogP contribution in [0.25, 0.3) is 11.1 Å². The van der Waals surface area contributed by atoms with Crippen molar-refractivity contribution in [2.75, 3.05) is 0 Å². The topological polar surface area (TPSA) is 78.5 Å². The molecule has 2 aromatic rings. The van der Waals surface area contributed by atoms with Crippen molar-refractivity contribution in [3.8, 4) is 11.1 Å². The lowest BCUT2D eigenvalue weighted by molar-refractivity contribution is -0.490. The molecule has 1 saturated carbocycles. The van der Waals surface area contributed by atoms with Gasteiger partial charge in [0, 0.05) is 11.4 Å². The predicted molar refractivity (Wildman–Crippen MR) is 103 cm³/mol. The second-order valence-corrected chi connectivity index (χ2v) is 7.20.